The summed E-state index contributed by atoms with van der Waals surface area (Å²) in [5.41, 5.74) is 1.66. The van der Waals surface area contributed by atoms with Gasteiger partial charge in [-0.1, -0.05) is 19.4 Å². The standard InChI is InChI=1S/C23H31NO3/c1-14(25)27-21(13-24)20-7-6-18-17-5-4-15-12-16(26)8-10-22(15,2)19(17)9-11-23(18,20)3/h12,17-21H,4-11H2,1-3H3/t17-,18-,19-,20+,21?,22-,23-/m0/s1. The van der Waals surface area contributed by atoms with E-state index < -0.39 is 6.10 Å². The van der Waals surface area contributed by atoms with Crippen LogP contribution < -0.4 is 0 Å². The zero-order valence-corrected chi connectivity index (χ0v) is 16.8. The van der Waals surface area contributed by atoms with Crippen molar-refractivity contribution < 1.29 is 14.3 Å². The molecule has 0 aromatic heterocycles. The minimum Gasteiger partial charge on any atom is -0.447 e. The Bertz CT molecular complexity index is 734. The van der Waals surface area contributed by atoms with Gasteiger partial charge in [0.1, 0.15) is 6.07 Å². The molecule has 0 radical (unpaired) electrons. The van der Waals surface area contributed by atoms with Gasteiger partial charge in [-0.3, -0.25) is 9.59 Å². The van der Waals surface area contributed by atoms with Crippen molar-refractivity contribution in [1.82, 2.24) is 0 Å². The monoisotopic (exact) mass is 369 g/mol. The van der Waals surface area contributed by atoms with Gasteiger partial charge >= 0.3 is 5.97 Å². The summed E-state index contributed by atoms with van der Waals surface area (Å²) >= 11 is 0. The van der Waals surface area contributed by atoms with E-state index in [1.165, 1.54) is 12.5 Å². The van der Waals surface area contributed by atoms with Crippen molar-refractivity contribution in [3.63, 3.8) is 0 Å². The Hall–Kier alpha value is -1.63. The van der Waals surface area contributed by atoms with Gasteiger partial charge in [-0.05, 0) is 79.6 Å². The van der Waals surface area contributed by atoms with Crippen molar-refractivity contribution in [3.05, 3.63) is 11.6 Å². The van der Waals surface area contributed by atoms with Gasteiger partial charge in [0.25, 0.3) is 0 Å². The van der Waals surface area contributed by atoms with Crippen molar-refractivity contribution in [2.24, 2.45) is 34.5 Å². The summed E-state index contributed by atoms with van der Waals surface area (Å²) in [7, 11) is 0. The normalized spacial score (nSPS) is 44.2. The number of esters is 1. The van der Waals surface area contributed by atoms with Gasteiger partial charge in [-0.2, -0.15) is 5.26 Å². The molecule has 0 amide bonds. The molecule has 3 saturated carbocycles. The average Bonchev–Trinajstić information content (AvgIpc) is 2.97. The van der Waals surface area contributed by atoms with Crippen LogP contribution in [0.1, 0.15) is 72.1 Å². The van der Waals surface area contributed by atoms with E-state index in [1.807, 2.05) is 6.08 Å². The molecule has 0 aromatic carbocycles. The Morgan fingerprint density at radius 2 is 1.96 bits per heavy atom. The number of nitriles is 1. The molecule has 4 rings (SSSR count). The van der Waals surface area contributed by atoms with E-state index in [4.69, 9.17) is 4.74 Å². The summed E-state index contributed by atoms with van der Waals surface area (Å²) in [4.78, 5) is 23.4. The number of nitrogens with zero attached hydrogens (tertiary/aromatic N) is 1. The Morgan fingerprint density at radius 1 is 1.19 bits per heavy atom. The number of carbonyl (C=O) groups is 2. The number of ether oxygens (including phenoxy) is 1. The average molecular weight is 370 g/mol. The van der Waals surface area contributed by atoms with Crippen molar-refractivity contribution >= 4 is 11.8 Å². The number of carbonyl (C=O) groups excluding carboxylic acids is 2. The molecule has 4 heteroatoms. The van der Waals surface area contributed by atoms with Crippen LogP contribution in [0.15, 0.2) is 11.6 Å². The summed E-state index contributed by atoms with van der Waals surface area (Å²) in [5.74, 6) is 2.02. The lowest BCUT2D eigenvalue weighted by Gasteiger charge is -2.58. The number of ketones is 1. The molecule has 4 nitrogen and oxygen atoms in total. The lowest BCUT2D eigenvalue weighted by Crippen LogP contribution is -2.51. The number of rotatable bonds is 2. The summed E-state index contributed by atoms with van der Waals surface area (Å²) in [6.07, 6.45) is 9.62. The highest BCUT2D eigenvalue weighted by Crippen LogP contribution is 2.67. The van der Waals surface area contributed by atoms with Gasteiger partial charge in [0.05, 0.1) is 0 Å². The second kappa shape index (κ2) is 6.47. The smallest absolute Gasteiger partial charge is 0.303 e. The van der Waals surface area contributed by atoms with Gasteiger partial charge in [-0.25, -0.2) is 0 Å². The van der Waals surface area contributed by atoms with Crippen LogP contribution >= 0.6 is 0 Å². The Labute approximate surface area is 162 Å². The van der Waals surface area contributed by atoms with E-state index in [-0.39, 0.29) is 22.7 Å². The summed E-state index contributed by atoms with van der Waals surface area (Å²) in [6, 6.07) is 2.27. The van der Waals surface area contributed by atoms with Crippen LogP contribution in [-0.2, 0) is 14.3 Å². The first-order valence-electron chi connectivity index (χ1n) is 10.6. The first-order chi connectivity index (χ1) is 12.8. The molecule has 4 aliphatic rings. The first-order valence-corrected chi connectivity index (χ1v) is 10.6. The van der Waals surface area contributed by atoms with E-state index in [0.717, 1.165) is 44.9 Å². The largest absolute Gasteiger partial charge is 0.447 e. The number of hydrogen-bond acceptors (Lipinski definition) is 4. The van der Waals surface area contributed by atoms with Crippen molar-refractivity contribution in [2.75, 3.05) is 0 Å². The second-order valence-electron chi connectivity index (χ2n) is 9.86. The minimum atomic E-state index is -0.615. The van der Waals surface area contributed by atoms with Crippen LogP contribution in [0, 0.1) is 45.8 Å². The van der Waals surface area contributed by atoms with Crippen molar-refractivity contribution in [3.8, 4) is 6.07 Å². The minimum absolute atomic E-state index is 0.0824. The number of fused-ring (bicyclic) bond motifs is 5. The van der Waals surface area contributed by atoms with Gasteiger partial charge in [0.2, 0.25) is 0 Å². The molecule has 0 aliphatic heterocycles. The highest BCUT2D eigenvalue weighted by atomic mass is 16.5. The van der Waals surface area contributed by atoms with E-state index >= 15 is 0 Å². The molecular formula is C23H31NO3. The molecule has 4 aliphatic carbocycles. The lowest BCUT2D eigenvalue weighted by atomic mass is 9.46. The molecule has 0 heterocycles. The third-order valence-electron chi connectivity index (χ3n) is 8.82. The molecule has 7 atom stereocenters. The highest BCUT2D eigenvalue weighted by Gasteiger charge is 2.60. The van der Waals surface area contributed by atoms with E-state index in [0.29, 0.717) is 30.0 Å². The van der Waals surface area contributed by atoms with Crippen molar-refractivity contribution in [1.29, 1.82) is 5.26 Å². The van der Waals surface area contributed by atoms with Gasteiger partial charge in [0.15, 0.2) is 11.9 Å². The molecule has 0 N–H and O–H groups in total. The van der Waals surface area contributed by atoms with Crippen LogP contribution in [-0.4, -0.2) is 17.9 Å². The Kier molecular flexibility index (Phi) is 4.48. The molecule has 0 saturated heterocycles. The predicted molar refractivity (Wildman–Crippen MR) is 101 cm³/mol. The summed E-state index contributed by atoms with van der Waals surface area (Å²) < 4.78 is 5.40. The fourth-order valence-corrected chi connectivity index (χ4v) is 7.47. The van der Waals surface area contributed by atoms with Crippen LogP contribution in [0.25, 0.3) is 0 Å². The number of hydrogen-bond donors (Lipinski definition) is 0. The Balaban J connectivity index is 1.61. The predicted octanol–water partition coefficient (Wildman–Crippen LogP) is 4.59. The topological polar surface area (TPSA) is 67.2 Å². The molecule has 146 valence electrons. The zero-order valence-electron chi connectivity index (χ0n) is 16.8. The molecule has 0 bridgehead atoms. The maximum atomic E-state index is 11.9. The van der Waals surface area contributed by atoms with Crippen molar-refractivity contribution in [2.45, 2.75) is 78.2 Å². The number of allylic oxidation sites excluding steroid dienone is 1. The molecule has 3 fully saturated rings. The quantitative estimate of drug-likeness (QED) is 0.668. The SMILES string of the molecule is CC(=O)OC(C#N)[C@H]1CC[C@H]2[C@@H]3CCC4=CC(=O)CC[C@]4(C)[C@H]3CC[C@]12C. The maximum Gasteiger partial charge on any atom is 0.303 e. The fraction of sp³-hybridized carbons (Fsp3) is 0.783. The van der Waals surface area contributed by atoms with Crippen LogP contribution in [0.4, 0.5) is 0 Å². The second-order valence-corrected chi connectivity index (χ2v) is 9.86. The maximum absolute atomic E-state index is 11.9. The molecular weight excluding hydrogens is 338 g/mol. The third-order valence-corrected chi connectivity index (χ3v) is 8.82. The molecule has 0 spiro atoms. The first kappa shape index (κ1) is 18.7. The highest BCUT2D eigenvalue weighted by molar-refractivity contribution is 5.91. The Morgan fingerprint density at radius 3 is 2.67 bits per heavy atom. The van der Waals surface area contributed by atoms with E-state index in [9.17, 15) is 14.9 Å². The third kappa shape index (κ3) is 2.77. The van der Waals surface area contributed by atoms with Gasteiger partial charge in [-0.15, -0.1) is 0 Å². The van der Waals surface area contributed by atoms with Crippen LogP contribution in [0.3, 0.4) is 0 Å². The van der Waals surface area contributed by atoms with Crippen LogP contribution in [0.5, 0.6) is 0 Å². The van der Waals surface area contributed by atoms with E-state index in [2.05, 4.69) is 19.9 Å². The van der Waals surface area contributed by atoms with Gasteiger partial charge in [0, 0.05) is 19.3 Å². The summed E-state index contributed by atoms with van der Waals surface area (Å²) in [6.45, 7) is 6.14. The fourth-order valence-electron chi connectivity index (χ4n) is 7.47. The van der Waals surface area contributed by atoms with E-state index in [1.54, 1.807) is 0 Å². The van der Waals surface area contributed by atoms with Crippen LogP contribution in [0.2, 0.25) is 0 Å². The molecule has 1 unspecified atom stereocenters. The molecule has 27 heavy (non-hydrogen) atoms. The lowest BCUT2D eigenvalue weighted by molar-refractivity contribution is -0.149. The molecule has 0 aromatic rings. The zero-order chi connectivity index (χ0) is 19.4. The van der Waals surface area contributed by atoms with Gasteiger partial charge < -0.3 is 4.74 Å². The summed E-state index contributed by atoms with van der Waals surface area (Å²) in [5, 5.41) is 9.63.